The van der Waals surface area contributed by atoms with Crippen LogP contribution in [0.4, 0.5) is 5.69 Å². The number of carbonyl (C=O) groups is 1. The number of esters is 1. The molecule has 0 saturated heterocycles. The van der Waals surface area contributed by atoms with Gasteiger partial charge in [-0.2, -0.15) is 0 Å². The van der Waals surface area contributed by atoms with E-state index in [2.05, 4.69) is 12.2 Å². The van der Waals surface area contributed by atoms with E-state index >= 15 is 0 Å². The second kappa shape index (κ2) is 34.0. The fraction of sp³-hybridized carbons (Fsp3) is 0.767. The second-order valence-corrected chi connectivity index (χ2v) is 8.89. The van der Waals surface area contributed by atoms with Gasteiger partial charge in [-0.15, -0.1) is 0 Å². The molecule has 0 aliphatic carbocycles. The van der Waals surface area contributed by atoms with E-state index in [4.69, 9.17) is 47.4 Å². The molecule has 13 heteroatoms. The van der Waals surface area contributed by atoms with Gasteiger partial charge >= 0.3 is 35.5 Å². The summed E-state index contributed by atoms with van der Waals surface area (Å²) in [4.78, 5) is 12.1. The first-order chi connectivity index (χ1) is 20.8. The first-order valence-corrected chi connectivity index (χ1v) is 14.9. The number of hydrogen-bond donors (Lipinski definition) is 1. The van der Waals surface area contributed by atoms with Crippen molar-refractivity contribution in [1.29, 1.82) is 0 Å². The molecule has 0 amide bonds. The molecular formula is C30H54NNaO11. The third-order valence-corrected chi connectivity index (χ3v) is 5.48. The van der Waals surface area contributed by atoms with Crippen molar-refractivity contribution in [1.82, 2.24) is 0 Å². The van der Waals surface area contributed by atoms with Crippen LogP contribution in [0, 0.1) is 0 Å². The van der Waals surface area contributed by atoms with Gasteiger partial charge in [-0.25, -0.2) is 4.79 Å². The summed E-state index contributed by atoms with van der Waals surface area (Å²) in [6.45, 7) is 11.7. The number of unbranched alkanes of at least 4 members (excludes halogenated alkanes) is 1. The summed E-state index contributed by atoms with van der Waals surface area (Å²) in [6.07, 6.45) is 2.25. The van der Waals surface area contributed by atoms with Crippen molar-refractivity contribution in [2.24, 2.45) is 0 Å². The summed E-state index contributed by atoms with van der Waals surface area (Å²) in [6, 6.07) is 7.29. The number of carbonyl (C=O) groups excluding carboxylic acids is 1. The van der Waals surface area contributed by atoms with Gasteiger partial charge in [0.05, 0.1) is 118 Å². The maximum atomic E-state index is 12.1. The van der Waals surface area contributed by atoms with Crippen LogP contribution < -0.4 is 5.32 Å². The third kappa shape index (κ3) is 28.4. The fourth-order valence-corrected chi connectivity index (χ4v) is 3.19. The normalized spacial score (nSPS) is 10.9. The van der Waals surface area contributed by atoms with Gasteiger partial charge in [0.15, 0.2) is 0 Å². The number of nitrogens with one attached hydrogen (secondary N) is 1. The Bertz CT molecular complexity index is 716. The Labute approximate surface area is 279 Å². The second-order valence-electron chi connectivity index (χ2n) is 8.89. The Morgan fingerprint density at radius 2 is 0.907 bits per heavy atom. The van der Waals surface area contributed by atoms with Gasteiger partial charge in [-0.05, 0) is 30.7 Å². The van der Waals surface area contributed by atoms with Crippen molar-refractivity contribution in [3.05, 3.63) is 29.8 Å². The van der Waals surface area contributed by atoms with Crippen molar-refractivity contribution < 1.29 is 52.2 Å². The van der Waals surface area contributed by atoms with Crippen LogP contribution in [0.5, 0.6) is 0 Å². The Kier molecular flexibility index (Phi) is 33.3. The predicted molar refractivity (Wildman–Crippen MR) is 166 cm³/mol. The molecule has 0 aliphatic heterocycles. The Morgan fingerprint density at radius 1 is 0.558 bits per heavy atom. The molecule has 0 aromatic heterocycles. The minimum atomic E-state index is -0.358. The molecule has 43 heavy (non-hydrogen) atoms. The molecule has 1 aromatic rings. The van der Waals surface area contributed by atoms with E-state index < -0.39 is 0 Å². The summed E-state index contributed by atoms with van der Waals surface area (Å²) in [5.74, 6) is -0.358. The topological polar surface area (TPSA) is 121 Å². The molecule has 0 heterocycles. The molecule has 0 unspecified atom stereocenters. The molecule has 1 rings (SSSR count). The van der Waals surface area contributed by atoms with E-state index in [1.807, 2.05) is 12.1 Å². The Balaban J connectivity index is 0.0000176. The van der Waals surface area contributed by atoms with Crippen molar-refractivity contribution in [3.63, 3.8) is 0 Å². The zero-order valence-corrected chi connectivity index (χ0v) is 25.6. The molecular weight excluding hydrogens is 573 g/mol. The number of hydrogen-bond acceptors (Lipinski definition) is 12. The molecule has 0 saturated carbocycles. The van der Waals surface area contributed by atoms with E-state index in [0.717, 1.165) is 25.1 Å². The summed E-state index contributed by atoms with van der Waals surface area (Å²) < 4.78 is 53.5. The zero-order chi connectivity index (χ0) is 30.2. The first-order valence-electron chi connectivity index (χ1n) is 14.9. The van der Waals surface area contributed by atoms with Gasteiger partial charge in [0.2, 0.25) is 0 Å². The molecule has 246 valence electrons. The van der Waals surface area contributed by atoms with Crippen LogP contribution >= 0.6 is 0 Å². The van der Waals surface area contributed by atoms with E-state index in [1.54, 1.807) is 19.2 Å². The summed E-state index contributed by atoms with van der Waals surface area (Å²) in [7, 11) is 1.64. The third-order valence-electron chi connectivity index (χ3n) is 5.48. The quantitative estimate of drug-likeness (QED) is 0.0716. The molecule has 1 N–H and O–H groups in total. The summed E-state index contributed by atoms with van der Waals surface area (Å²) >= 11 is 0. The Hall–Kier alpha value is -0.870. The van der Waals surface area contributed by atoms with Gasteiger partial charge in [-0.1, -0.05) is 13.3 Å². The van der Waals surface area contributed by atoms with Crippen LogP contribution in [0.1, 0.15) is 30.1 Å². The average Bonchev–Trinajstić information content (AvgIpc) is 3.01. The predicted octanol–water partition coefficient (Wildman–Crippen LogP) is 2.19. The molecule has 0 bridgehead atoms. The van der Waals surface area contributed by atoms with Crippen LogP contribution in [0.15, 0.2) is 24.3 Å². The molecule has 0 atom stereocenters. The molecule has 0 aliphatic rings. The standard InChI is InChI=1S/C30H53NO11.Na.H/c1-3-4-9-31-29-7-5-28(6-8-29)30(32)42-27-26-41-25-24-40-23-22-39-21-20-38-19-18-37-17-16-36-15-14-35-13-12-34-11-10-33-2;;/h5-8,31H,3-4,9-27H2,1-2H3;;. The molecule has 0 radical (unpaired) electrons. The van der Waals surface area contributed by atoms with E-state index in [9.17, 15) is 4.79 Å². The minimum absolute atomic E-state index is 0. The van der Waals surface area contributed by atoms with Crippen LogP contribution in [-0.4, -0.2) is 168 Å². The van der Waals surface area contributed by atoms with Gasteiger partial charge in [-0.3, -0.25) is 0 Å². The van der Waals surface area contributed by atoms with Crippen LogP contribution in [0.25, 0.3) is 0 Å². The first kappa shape index (κ1) is 42.1. The SMILES string of the molecule is CCCCNc1ccc(C(=O)OCCOCCOCCOCCOCCOCCOCCOCCOCCOC)cc1.[NaH]. The molecule has 1 aromatic carbocycles. The number of rotatable bonds is 32. The van der Waals surface area contributed by atoms with Crippen molar-refractivity contribution in [2.75, 3.05) is 138 Å². The van der Waals surface area contributed by atoms with Crippen LogP contribution in [0.3, 0.4) is 0 Å². The number of methoxy groups -OCH3 is 1. The van der Waals surface area contributed by atoms with Gasteiger partial charge in [0.25, 0.3) is 0 Å². The Morgan fingerprint density at radius 3 is 1.26 bits per heavy atom. The van der Waals surface area contributed by atoms with Crippen molar-refractivity contribution in [2.45, 2.75) is 19.8 Å². The summed E-state index contributed by atoms with van der Waals surface area (Å²) in [5.41, 5.74) is 1.52. The summed E-state index contributed by atoms with van der Waals surface area (Å²) in [5, 5.41) is 3.32. The number of benzene rings is 1. The van der Waals surface area contributed by atoms with Gasteiger partial charge in [0.1, 0.15) is 6.61 Å². The van der Waals surface area contributed by atoms with Gasteiger partial charge in [0, 0.05) is 19.3 Å². The average molecular weight is 628 g/mol. The molecule has 12 nitrogen and oxygen atoms in total. The molecule has 0 spiro atoms. The molecule has 0 fully saturated rings. The fourth-order valence-electron chi connectivity index (χ4n) is 3.19. The number of anilines is 1. The zero-order valence-electron chi connectivity index (χ0n) is 25.6. The van der Waals surface area contributed by atoms with Gasteiger partial charge < -0.3 is 52.7 Å². The van der Waals surface area contributed by atoms with Crippen LogP contribution in [-0.2, 0) is 47.4 Å². The monoisotopic (exact) mass is 627 g/mol. The van der Waals surface area contributed by atoms with Crippen molar-refractivity contribution in [3.8, 4) is 0 Å². The van der Waals surface area contributed by atoms with Crippen LogP contribution in [0.2, 0.25) is 0 Å². The van der Waals surface area contributed by atoms with Crippen molar-refractivity contribution >= 4 is 41.2 Å². The number of ether oxygens (including phenoxy) is 10. The maximum absolute atomic E-state index is 12.1. The van der Waals surface area contributed by atoms with E-state index in [0.29, 0.717) is 118 Å². The van der Waals surface area contributed by atoms with E-state index in [1.165, 1.54) is 0 Å². The van der Waals surface area contributed by atoms with E-state index in [-0.39, 0.29) is 42.1 Å².